The highest BCUT2D eigenvalue weighted by molar-refractivity contribution is 5.25. The van der Waals surface area contributed by atoms with Gasteiger partial charge in [0, 0.05) is 12.2 Å². The number of aliphatic hydroxyl groups is 1. The van der Waals surface area contributed by atoms with Crippen molar-refractivity contribution < 1.29 is 5.11 Å². The smallest absolute Gasteiger partial charge is 0.0431 e. The Balaban J connectivity index is 2.32. The quantitative estimate of drug-likeness (QED) is 0.477. The molecule has 1 N–H and O–H groups in total. The van der Waals surface area contributed by atoms with Gasteiger partial charge < -0.3 is 5.11 Å². The number of hydrogen-bond donors (Lipinski definition) is 1. The van der Waals surface area contributed by atoms with E-state index in [2.05, 4.69) is 11.5 Å². The van der Waals surface area contributed by atoms with Crippen molar-refractivity contribution in [3.05, 3.63) is 35.3 Å². The summed E-state index contributed by atoms with van der Waals surface area (Å²) in [6.45, 7) is 0.288. The fourth-order valence-electron chi connectivity index (χ4n) is 0.961. The van der Waals surface area contributed by atoms with E-state index in [9.17, 15) is 0 Å². The Morgan fingerprint density at radius 3 is 2.91 bits per heavy atom. The van der Waals surface area contributed by atoms with Crippen molar-refractivity contribution in [3.63, 3.8) is 0 Å². The van der Waals surface area contributed by atoms with Gasteiger partial charge in [0.2, 0.25) is 0 Å². The van der Waals surface area contributed by atoms with Crippen LogP contribution in [-0.4, -0.2) is 11.7 Å². The van der Waals surface area contributed by atoms with E-state index >= 15 is 0 Å². The van der Waals surface area contributed by atoms with E-state index in [1.807, 2.05) is 18.2 Å². The average Bonchev–Trinajstić information content (AvgIpc) is 2.07. The molecule has 0 heterocycles. The summed E-state index contributed by atoms with van der Waals surface area (Å²) in [4.78, 5) is 0. The van der Waals surface area contributed by atoms with Crippen LogP contribution in [0.25, 0.3) is 0 Å². The molecule has 0 aromatic heterocycles. The Kier molecular flexibility index (Phi) is 3.51. The first-order valence-electron chi connectivity index (χ1n) is 3.91. The van der Waals surface area contributed by atoms with E-state index in [-0.39, 0.29) is 6.61 Å². The van der Waals surface area contributed by atoms with Crippen LogP contribution < -0.4 is 0 Å². The molecule has 0 saturated carbocycles. The SMILES string of the molecule is OCCCCC1=C=C=CC=C1. The Morgan fingerprint density at radius 1 is 1.36 bits per heavy atom. The van der Waals surface area contributed by atoms with Crippen LogP contribution in [-0.2, 0) is 0 Å². The van der Waals surface area contributed by atoms with Crippen molar-refractivity contribution in [2.45, 2.75) is 19.3 Å². The van der Waals surface area contributed by atoms with Crippen molar-refractivity contribution in [2.75, 3.05) is 6.61 Å². The molecule has 0 aromatic carbocycles. The average molecular weight is 148 g/mol. The highest BCUT2D eigenvalue weighted by Gasteiger charge is 1.92. The monoisotopic (exact) mass is 148 g/mol. The molecular formula is C10H12O. The van der Waals surface area contributed by atoms with Crippen molar-refractivity contribution in [1.29, 1.82) is 0 Å². The fourth-order valence-corrected chi connectivity index (χ4v) is 0.961. The van der Waals surface area contributed by atoms with Crippen LogP contribution in [0.1, 0.15) is 19.3 Å². The molecule has 0 amide bonds. The molecule has 11 heavy (non-hydrogen) atoms. The second-order valence-corrected chi connectivity index (χ2v) is 2.50. The van der Waals surface area contributed by atoms with Crippen molar-refractivity contribution >= 4 is 0 Å². The van der Waals surface area contributed by atoms with Crippen LogP contribution in [0.4, 0.5) is 0 Å². The van der Waals surface area contributed by atoms with E-state index < -0.39 is 0 Å². The minimum Gasteiger partial charge on any atom is -0.396 e. The minimum absolute atomic E-state index is 0.288. The van der Waals surface area contributed by atoms with Gasteiger partial charge in [0.25, 0.3) is 0 Å². The zero-order valence-electron chi connectivity index (χ0n) is 6.51. The largest absolute Gasteiger partial charge is 0.396 e. The standard InChI is InChI=1S/C10H12O/c11-9-5-4-8-10-6-2-1-3-7-10/h1-2,6,11H,4-5,8-9H2. The molecule has 58 valence electrons. The Labute approximate surface area is 67.1 Å². The maximum atomic E-state index is 8.53. The van der Waals surface area contributed by atoms with Gasteiger partial charge in [0.05, 0.1) is 0 Å². The fraction of sp³-hybridized carbons (Fsp3) is 0.400. The van der Waals surface area contributed by atoms with Gasteiger partial charge in [0.1, 0.15) is 0 Å². The molecule has 0 saturated heterocycles. The lowest BCUT2D eigenvalue weighted by Gasteiger charge is -1.97. The summed E-state index contributed by atoms with van der Waals surface area (Å²) in [7, 11) is 0. The third-order valence-corrected chi connectivity index (χ3v) is 1.56. The minimum atomic E-state index is 0.288. The summed E-state index contributed by atoms with van der Waals surface area (Å²) >= 11 is 0. The van der Waals surface area contributed by atoms with Crippen LogP contribution in [0.2, 0.25) is 0 Å². The van der Waals surface area contributed by atoms with Crippen molar-refractivity contribution in [2.24, 2.45) is 0 Å². The highest BCUT2D eigenvalue weighted by atomic mass is 16.2. The maximum absolute atomic E-state index is 8.53. The van der Waals surface area contributed by atoms with E-state index in [1.165, 1.54) is 5.57 Å². The van der Waals surface area contributed by atoms with E-state index in [4.69, 9.17) is 5.11 Å². The molecule has 1 nitrogen and oxygen atoms in total. The first kappa shape index (κ1) is 8.10. The molecule has 0 atom stereocenters. The molecule has 0 radical (unpaired) electrons. The van der Waals surface area contributed by atoms with Gasteiger partial charge in [-0.2, -0.15) is 0 Å². The van der Waals surface area contributed by atoms with Gasteiger partial charge in [-0.1, -0.05) is 23.6 Å². The molecule has 1 aliphatic carbocycles. The van der Waals surface area contributed by atoms with Gasteiger partial charge in [-0.05, 0) is 25.3 Å². The molecule has 0 aliphatic heterocycles. The molecule has 0 aromatic rings. The third kappa shape index (κ3) is 3.06. The summed E-state index contributed by atoms with van der Waals surface area (Å²) in [5, 5.41) is 8.53. The van der Waals surface area contributed by atoms with Gasteiger partial charge >= 0.3 is 0 Å². The molecule has 0 bridgehead atoms. The van der Waals surface area contributed by atoms with Crippen LogP contribution in [0.3, 0.4) is 0 Å². The topological polar surface area (TPSA) is 20.2 Å². The van der Waals surface area contributed by atoms with Crippen molar-refractivity contribution in [3.8, 4) is 0 Å². The lowest BCUT2D eigenvalue weighted by Crippen LogP contribution is -1.84. The first-order valence-corrected chi connectivity index (χ1v) is 3.91. The molecule has 0 spiro atoms. The molecular weight excluding hydrogens is 136 g/mol. The number of allylic oxidation sites excluding steroid dienone is 4. The molecule has 1 aliphatic rings. The lowest BCUT2D eigenvalue weighted by molar-refractivity contribution is 0.285. The zero-order chi connectivity index (χ0) is 7.94. The second kappa shape index (κ2) is 4.76. The zero-order valence-corrected chi connectivity index (χ0v) is 6.51. The number of hydrogen-bond acceptors (Lipinski definition) is 1. The summed E-state index contributed by atoms with van der Waals surface area (Å²) in [5.74, 6) is 0. The van der Waals surface area contributed by atoms with Gasteiger partial charge in [-0.3, -0.25) is 0 Å². The molecule has 0 unspecified atom stereocenters. The summed E-state index contributed by atoms with van der Waals surface area (Å²) in [5.41, 5.74) is 7.10. The maximum Gasteiger partial charge on any atom is 0.0431 e. The molecule has 1 rings (SSSR count). The van der Waals surface area contributed by atoms with Crippen LogP contribution in [0.5, 0.6) is 0 Å². The molecule has 1 heteroatoms. The van der Waals surface area contributed by atoms with Gasteiger partial charge in [0.15, 0.2) is 0 Å². The summed E-state index contributed by atoms with van der Waals surface area (Å²) in [6, 6.07) is 0. The number of aliphatic hydroxyl groups excluding tert-OH is 1. The normalized spacial score (nSPS) is 13.7. The lowest BCUT2D eigenvalue weighted by atomic mass is 10.1. The van der Waals surface area contributed by atoms with Crippen LogP contribution >= 0.6 is 0 Å². The van der Waals surface area contributed by atoms with E-state index in [1.54, 1.807) is 0 Å². The van der Waals surface area contributed by atoms with E-state index in [0.717, 1.165) is 19.3 Å². The summed E-state index contributed by atoms with van der Waals surface area (Å²) in [6.07, 6.45) is 8.75. The Morgan fingerprint density at radius 2 is 2.27 bits per heavy atom. The summed E-state index contributed by atoms with van der Waals surface area (Å²) < 4.78 is 0. The van der Waals surface area contributed by atoms with Gasteiger partial charge in [-0.25, -0.2) is 0 Å². The Hall–Kier alpha value is -1.00. The number of rotatable bonds is 4. The predicted molar refractivity (Wildman–Crippen MR) is 45.2 cm³/mol. The van der Waals surface area contributed by atoms with Crippen LogP contribution in [0.15, 0.2) is 35.3 Å². The first-order chi connectivity index (χ1) is 5.43. The van der Waals surface area contributed by atoms with Gasteiger partial charge in [-0.15, -0.1) is 0 Å². The van der Waals surface area contributed by atoms with E-state index in [0.29, 0.717) is 0 Å². The third-order valence-electron chi connectivity index (χ3n) is 1.56. The van der Waals surface area contributed by atoms with Crippen molar-refractivity contribution in [1.82, 2.24) is 0 Å². The predicted octanol–water partition coefficient (Wildman–Crippen LogP) is 1.96. The molecule has 0 fully saturated rings. The van der Waals surface area contributed by atoms with Crippen LogP contribution in [0, 0.1) is 0 Å². The Bertz CT molecular complexity index is 236. The highest BCUT2D eigenvalue weighted by Crippen LogP contribution is 2.08. The number of unbranched alkanes of at least 4 members (excludes halogenated alkanes) is 1. The second-order valence-electron chi connectivity index (χ2n) is 2.50.